The summed E-state index contributed by atoms with van der Waals surface area (Å²) in [5.41, 5.74) is -1.58. The van der Waals surface area contributed by atoms with Crippen molar-refractivity contribution in [3.05, 3.63) is 39.7 Å². The zero-order valence-electron chi connectivity index (χ0n) is 13.8. The lowest BCUT2D eigenvalue weighted by Crippen LogP contribution is -2.44. The maximum absolute atomic E-state index is 15.2. The average Bonchev–Trinajstić information content (AvgIpc) is 2.58. The van der Waals surface area contributed by atoms with Crippen LogP contribution in [0.4, 0.5) is 14.5 Å². The lowest BCUT2D eigenvalue weighted by atomic mass is 10.1. The predicted molar refractivity (Wildman–Crippen MR) is 90.5 cm³/mol. The number of carboxylic acids is 1. The highest BCUT2D eigenvalue weighted by atomic mass is 19.1. The predicted octanol–water partition coefficient (Wildman–Crippen LogP) is 1.80. The van der Waals surface area contributed by atoms with Gasteiger partial charge in [0.1, 0.15) is 17.1 Å². The van der Waals surface area contributed by atoms with E-state index in [9.17, 15) is 19.1 Å². The highest BCUT2D eigenvalue weighted by Crippen LogP contribution is 2.30. The number of pyridine rings is 1. The monoisotopic (exact) mass is 351 g/mol. The highest BCUT2D eigenvalue weighted by molar-refractivity contribution is 5.93. The second kappa shape index (κ2) is 6.79. The quantitative estimate of drug-likeness (QED) is 0.879. The molecule has 1 saturated heterocycles. The van der Waals surface area contributed by atoms with Gasteiger partial charge in [-0.2, -0.15) is 0 Å². The van der Waals surface area contributed by atoms with Crippen molar-refractivity contribution in [1.29, 1.82) is 0 Å². The first kappa shape index (κ1) is 17.3. The molecule has 0 spiro atoms. The van der Waals surface area contributed by atoms with Crippen molar-refractivity contribution < 1.29 is 18.7 Å². The molecule has 0 radical (unpaired) electrons. The van der Waals surface area contributed by atoms with E-state index in [-0.39, 0.29) is 16.6 Å². The number of halogens is 2. The number of hydrogen-bond acceptors (Lipinski definition) is 4. The average molecular weight is 351 g/mol. The Morgan fingerprint density at radius 2 is 2.00 bits per heavy atom. The van der Waals surface area contributed by atoms with E-state index in [2.05, 4.69) is 5.32 Å². The van der Waals surface area contributed by atoms with Gasteiger partial charge < -0.3 is 19.9 Å². The molecule has 134 valence electrons. The molecule has 0 unspecified atom stereocenters. The molecule has 2 heterocycles. The second-order valence-corrected chi connectivity index (χ2v) is 6.02. The molecule has 1 aliphatic heterocycles. The van der Waals surface area contributed by atoms with Crippen LogP contribution in [0.15, 0.2) is 17.1 Å². The number of aromatic nitrogens is 1. The molecule has 0 atom stereocenters. The molecule has 25 heavy (non-hydrogen) atoms. The molecule has 0 aliphatic carbocycles. The van der Waals surface area contributed by atoms with Crippen molar-refractivity contribution in [3.8, 4) is 0 Å². The van der Waals surface area contributed by atoms with E-state index in [1.54, 1.807) is 4.90 Å². The van der Waals surface area contributed by atoms with Crippen LogP contribution in [0.1, 0.15) is 23.7 Å². The third kappa shape index (κ3) is 2.97. The molecule has 1 aromatic heterocycles. The number of hydrogen-bond donors (Lipinski definition) is 2. The normalized spacial score (nSPS) is 14.9. The molecule has 3 rings (SSSR count). The number of carboxylic acid groups (broad SMARTS) is 1. The van der Waals surface area contributed by atoms with Crippen LogP contribution in [0.2, 0.25) is 0 Å². The SMILES string of the molecule is CCCn1cc(C(=O)O)c(=O)c2cc(F)c(N3CCNCC3)c(F)c21. The van der Waals surface area contributed by atoms with Gasteiger partial charge in [-0.15, -0.1) is 0 Å². The van der Waals surface area contributed by atoms with E-state index in [0.29, 0.717) is 39.1 Å². The Labute approximate surface area is 142 Å². The summed E-state index contributed by atoms with van der Waals surface area (Å²) in [5.74, 6) is -3.09. The minimum Gasteiger partial charge on any atom is -0.477 e. The Balaban J connectivity index is 2.33. The summed E-state index contributed by atoms with van der Waals surface area (Å²) in [6.45, 7) is 4.28. The minimum absolute atomic E-state index is 0.0493. The van der Waals surface area contributed by atoms with E-state index in [4.69, 9.17) is 0 Å². The zero-order chi connectivity index (χ0) is 18.1. The van der Waals surface area contributed by atoms with E-state index in [1.165, 1.54) is 4.57 Å². The Morgan fingerprint density at radius 1 is 1.32 bits per heavy atom. The number of carbonyl (C=O) groups is 1. The van der Waals surface area contributed by atoms with Gasteiger partial charge >= 0.3 is 5.97 Å². The summed E-state index contributed by atoms with van der Waals surface area (Å²) < 4.78 is 31.2. The summed E-state index contributed by atoms with van der Waals surface area (Å²) in [7, 11) is 0. The fourth-order valence-corrected chi connectivity index (χ4v) is 3.22. The van der Waals surface area contributed by atoms with Crippen molar-refractivity contribution >= 4 is 22.6 Å². The molecular formula is C17H19F2N3O3. The number of anilines is 1. The summed E-state index contributed by atoms with van der Waals surface area (Å²) in [6.07, 6.45) is 1.75. The largest absolute Gasteiger partial charge is 0.477 e. The molecular weight excluding hydrogens is 332 g/mol. The first-order valence-electron chi connectivity index (χ1n) is 8.19. The molecule has 1 fully saturated rings. The van der Waals surface area contributed by atoms with E-state index >= 15 is 4.39 Å². The van der Waals surface area contributed by atoms with Crippen LogP contribution in [-0.2, 0) is 6.54 Å². The molecule has 1 aliphatic rings. The Hall–Kier alpha value is -2.48. The van der Waals surface area contributed by atoms with Crippen LogP contribution in [0, 0.1) is 11.6 Å². The van der Waals surface area contributed by atoms with Gasteiger partial charge in [0.2, 0.25) is 5.43 Å². The van der Waals surface area contributed by atoms with Gasteiger partial charge in [-0.05, 0) is 12.5 Å². The van der Waals surface area contributed by atoms with Crippen LogP contribution in [0.3, 0.4) is 0 Å². The second-order valence-electron chi connectivity index (χ2n) is 6.02. The third-order valence-corrected chi connectivity index (χ3v) is 4.36. The number of benzene rings is 1. The Morgan fingerprint density at radius 3 is 2.60 bits per heavy atom. The molecule has 2 aromatic rings. The minimum atomic E-state index is -1.41. The maximum atomic E-state index is 15.2. The lowest BCUT2D eigenvalue weighted by Gasteiger charge is -2.30. The van der Waals surface area contributed by atoms with E-state index < -0.39 is 28.6 Å². The third-order valence-electron chi connectivity index (χ3n) is 4.36. The van der Waals surface area contributed by atoms with Gasteiger partial charge in [0.25, 0.3) is 0 Å². The van der Waals surface area contributed by atoms with E-state index in [1.807, 2.05) is 6.92 Å². The molecule has 6 nitrogen and oxygen atoms in total. The highest BCUT2D eigenvalue weighted by Gasteiger charge is 2.25. The van der Waals surface area contributed by atoms with Crippen LogP contribution >= 0.6 is 0 Å². The number of piperazine rings is 1. The summed E-state index contributed by atoms with van der Waals surface area (Å²) in [4.78, 5) is 25.3. The smallest absolute Gasteiger partial charge is 0.341 e. The maximum Gasteiger partial charge on any atom is 0.341 e. The Kier molecular flexibility index (Phi) is 4.71. The Bertz CT molecular complexity index is 889. The molecule has 0 saturated carbocycles. The van der Waals surface area contributed by atoms with Crippen LogP contribution < -0.4 is 15.6 Å². The van der Waals surface area contributed by atoms with Crippen LogP contribution in [0.25, 0.3) is 10.9 Å². The first-order valence-corrected chi connectivity index (χ1v) is 8.19. The fourth-order valence-electron chi connectivity index (χ4n) is 3.22. The van der Waals surface area contributed by atoms with Crippen LogP contribution in [-0.4, -0.2) is 41.8 Å². The molecule has 1 aromatic carbocycles. The number of nitrogens with zero attached hydrogens (tertiary/aromatic N) is 2. The van der Waals surface area contributed by atoms with Gasteiger partial charge in [0.15, 0.2) is 5.82 Å². The molecule has 2 N–H and O–H groups in total. The van der Waals surface area contributed by atoms with Gasteiger partial charge in [-0.3, -0.25) is 4.79 Å². The van der Waals surface area contributed by atoms with Crippen molar-refractivity contribution in [1.82, 2.24) is 9.88 Å². The standard InChI is InChI=1S/C17H19F2N3O3/c1-2-5-22-9-11(17(24)25)16(23)10-8-12(18)15(13(19)14(10)22)21-6-3-20-4-7-21/h8-9,20H,2-7H2,1H3,(H,24,25). The summed E-state index contributed by atoms with van der Waals surface area (Å²) >= 11 is 0. The van der Waals surface area contributed by atoms with Crippen molar-refractivity contribution in [3.63, 3.8) is 0 Å². The zero-order valence-corrected chi connectivity index (χ0v) is 13.8. The van der Waals surface area contributed by atoms with Gasteiger partial charge in [-0.1, -0.05) is 6.92 Å². The van der Waals surface area contributed by atoms with Gasteiger partial charge in [0.05, 0.1) is 10.9 Å². The number of fused-ring (bicyclic) bond motifs is 1. The topological polar surface area (TPSA) is 74.6 Å². The summed E-state index contributed by atoms with van der Waals surface area (Å²) in [6, 6.07) is 0.955. The summed E-state index contributed by atoms with van der Waals surface area (Å²) in [5, 5.41) is 12.1. The number of aromatic carboxylic acids is 1. The van der Waals surface area contributed by atoms with Gasteiger partial charge in [-0.25, -0.2) is 13.6 Å². The van der Waals surface area contributed by atoms with Crippen LogP contribution in [0.5, 0.6) is 0 Å². The molecule has 8 heteroatoms. The van der Waals surface area contributed by atoms with E-state index in [0.717, 1.165) is 12.3 Å². The number of aryl methyl sites for hydroxylation is 1. The van der Waals surface area contributed by atoms with Crippen molar-refractivity contribution in [2.75, 3.05) is 31.1 Å². The number of nitrogens with one attached hydrogen (secondary N) is 1. The lowest BCUT2D eigenvalue weighted by molar-refractivity contribution is 0.0694. The molecule has 0 amide bonds. The first-order chi connectivity index (χ1) is 12.0. The van der Waals surface area contributed by atoms with Gasteiger partial charge in [0, 0.05) is 38.9 Å². The van der Waals surface area contributed by atoms with Crippen molar-refractivity contribution in [2.45, 2.75) is 19.9 Å². The molecule has 0 bridgehead atoms. The number of rotatable bonds is 4. The fraction of sp³-hybridized carbons (Fsp3) is 0.412. The van der Waals surface area contributed by atoms with Crippen molar-refractivity contribution in [2.24, 2.45) is 0 Å².